The molecule has 0 aromatic carbocycles. The largest absolute Gasteiger partial charge is 0.555 e. The third kappa shape index (κ3) is 2.20. The maximum atomic E-state index is 5.23. The highest BCUT2D eigenvalue weighted by atomic mass is 28.2. The summed E-state index contributed by atoms with van der Waals surface area (Å²) < 4.78 is 10.4. The van der Waals surface area contributed by atoms with Crippen molar-refractivity contribution >= 4 is 10.5 Å². The van der Waals surface area contributed by atoms with Crippen LogP contribution in [-0.2, 0) is 9.16 Å². The van der Waals surface area contributed by atoms with Gasteiger partial charge in [-0.3, -0.25) is 0 Å². The standard InChI is InChI=1S/C6H12O2Si/c9-8-6-3-1-2-4-7-5-6/h3H,1-2,4-5H2,9H3. The first-order valence-electron chi connectivity index (χ1n) is 3.24. The van der Waals surface area contributed by atoms with Crippen LogP contribution in [0.15, 0.2) is 11.8 Å². The summed E-state index contributed by atoms with van der Waals surface area (Å²) in [7, 11) is 0.780. The average molecular weight is 144 g/mol. The molecule has 0 N–H and O–H groups in total. The fraction of sp³-hybridized carbons (Fsp3) is 0.667. The summed E-state index contributed by atoms with van der Waals surface area (Å²) in [6.07, 6.45) is 4.37. The van der Waals surface area contributed by atoms with Crippen LogP contribution in [0.25, 0.3) is 0 Å². The first kappa shape index (κ1) is 6.83. The van der Waals surface area contributed by atoms with Crippen LogP contribution in [0.5, 0.6) is 0 Å². The molecular formula is C6H12O2Si. The van der Waals surface area contributed by atoms with Gasteiger partial charge in [0.05, 0.1) is 0 Å². The van der Waals surface area contributed by atoms with Crippen molar-refractivity contribution in [1.82, 2.24) is 0 Å². The maximum Gasteiger partial charge on any atom is 0.203 e. The minimum Gasteiger partial charge on any atom is -0.555 e. The summed E-state index contributed by atoms with van der Waals surface area (Å²) in [5.74, 6) is 1.03. The Morgan fingerprint density at radius 3 is 3.33 bits per heavy atom. The molecule has 0 aliphatic carbocycles. The van der Waals surface area contributed by atoms with E-state index in [-0.39, 0.29) is 0 Å². The fourth-order valence-corrected chi connectivity index (χ4v) is 1.11. The molecule has 1 aliphatic heterocycles. The topological polar surface area (TPSA) is 18.5 Å². The summed E-state index contributed by atoms with van der Waals surface area (Å²) in [5, 5.41) is 0. The van der Waals surface area contributed by atoms with Gasteiger partial charge in [-0.1, -0.05) is 0 Å². The Balaban J connectivity index is 2.37. The third-order valence-electron chi connectivity index (χ3n) is 1.37. The molecule has 2 nitrogen and oxygen atoms in total. The van der Waals surface area contributed by atoms with E-state index in [2.05, 4.69) is 6.08 Å². The van der Waals surface area contributed by atoms with E-state index >= 15 is 0 Å². The molecule has 52 valence electrons. The molecule has 0 atom stereocenters. The van der Waals surface area contributed by atoms with Gasteiger partial charge in [-0.2, -0.15) is 0 Å². The van der Waals surface area contributed by atoms with Crippen molar-refractivity contribution in [3.8, 4) is 0 Å². The Kier molecular flexibility index (Phi) is 2.80. The zero-order valence-electron chi connectivity index (χ0n) is 5.72. The summed E-state index contributed by atoms with van der Waals surface area (Å²) >= 11 is 0. The molecule has 0 saturated heterocycles. The molecule has 0 radical (unpaired) electrons. The van der Waals surface area contributed by atoms with Crippen LogP contribution in [0.4, 0.5) is 0 Å². The molecular weight excluding hydrogens is 132 g/mol. The Hall–Kier alpha value is -0.283. The highest BCUT2D eigenvalue weighted by Crippen LogP contribution is 2.05. The molecule has 0 bridgehead atoms. The first-order valence-corrected chi connectivity index (χ1v) is 4.06. The highest BCUT2D eigenvalue weighted by molar-refractivity contribution is 5.98. The third-order valence-corrected chi connectivity index (χ3v) is 1.90. The van der Waals surface area contributed by atoms with Crippen molar-refractivity contribution in [3.63, 3.8) is 0 Å². The van der Waals surface area contributed by atoms with Crippen LogP contribution in [0.1, 0.15) is 12.8 Å². The summed E-state index contributed by atoms with van der Waals surface area (Å²) in [6.45, 7) is 1.56. The monoisotopic (exact) mass is 144 g/mol. The molecule has 1 aliphatic rings. The molecule has 1 rings (SSSR count). The van der Waals surface area contributed by atoms with Crippen molar-refractivity contribution < 1.29 is 9.16 Å². The number of hydrogen-bond donors (Lipinski definition) is 0. The Morgan fingerprint density at radius 2 is 2.56 bits per heavy atom. The van der Waals surface area contributed by atoms with Gasteiger partial charge in [-0.05, 0) is 18.9 Å². The van der Waals surface area contributed by atoms with Gasteiger partial charge < -0.3 is 9.16 Å². The van der Waals surface area contributed by atoms with Crippen molar-refractivity contribution in [2.45, 2.75) is 12.8 Å². The van der Waals surface area contributed by atoms with E-state index in [1.165, 1.54) is 0 Å². The summed E-state index contributed by atoms with van der Waals surface area (Å²) in [5.41, 5.74) is 0. The van der Waals surface area contributed by atoms with Crippen molar-refractivity contribution in [2.75, 3.05) is 13.2 Å². The van der Waals surface area contributed by atoms with E-state index in [1.807, 2.05) is 0 Å². The normalized spacial score (nSPS) is 20.7. The molecule has 9 heavy (non-hydrogen) atoms. The molecule has 3 heteroatoms. The number of allylic oxidation sites excluding steroid dienone is 1. The second-order valence-corrected chi connectivity index (χ2v) is 2.48. The zero-order valence-corrected chi connectivity index (χ0v) is 7.72. The van der Waals surface area contributed by atoms with E-state index in [9.17, 15) is 0 Å². The lowest BCUT2D eigenvalue weighted by Gasteiger charge is -2.02. The molecule has 0 saturated carbocycles. The van der Waals surface area contributed by atoms with Gasteiger partial charge in [0.2, 0.25) is 10.5 Å². The molecule has 0 aromatic heterocycles. The summed E-state index contributed by atoms with van der Waals surface area (Å²) in [6, 6.07) is 0. The second kappa shape index (κ2) is 3.69. The van der Waals surface area contributed by atoms with Gasteiger partial charge in [0.25, 0.3) is 0 Å². The number of ether oxygens (including phenoxy) is 1. The van der Waals surface area contributed by atoms with Crippen molar-refractivity contribution in [1.29, 1.82) is 0 Å². The van der Waals surface area contributed by atoms with Crippen LogP contribution in [0.3, 0.4) is 0 Å². The smallest absolute Gasteiger partial charge is 0.203 e. The van der Waals surface area contributed by atoms with E-state index in [4.69, 9.17) is 9.16 Å². The van der Waals surface area contributed by atoms with Crippen molar-refractivity contribution in [3.05, 3.63) is 11.8 Å². The summed E-state index contributed by atoms with van der Waals surface area (Å²) in [4.78, 5) is 0. The lowest BCUT2D eigenvalue weighted by atomic mass is 10.3. The van der Waals surface area contributed by atoms with E-state index in [1.54, 1.807) is 0 Å². The van der Waals surface area contributed by atoms with Crippen LogP contribution in [-0.4, -0.2) is 23.7 Å². The maximum absolute atomic E-state index is 5.23. The Bertz CT molecular complexity index is 112. The van der Waals surface area contributed by atoms with Gasteiger partial charge in [0.1, 0.15) is 12.4 Å². The van der Waals surface area contributed by atoms with E-state index in [0.717, 1.165) is 35.7 Å². The predicted molar refractivity (Wildman–Crippen MR) is 39.2 cm³/mol. The highest BCUT2D eigenvalue weighted by Gasteiger charge is 1.99. The van der Waals surface area contributed by atoms with Crippen molar-refractivity contribution in [2.24, 2.45) is 0 Å². The average Bonchev–Trinajstić information content (AvgIpc) is 2.13. The number of hydrogen-bond acceptors (Lipinski definition) is 2. The van der Waals surface area contributed by atoms with Gasteiger partial charge >= 0.3 is 0 Å². The van der Waals surface area contributed by atoms with E-state index < -0.39 is 0 Å². The molecule has 0 aromatic rings. The van der Waals surface area contributed by atoms with E-state index in [0.29, 0.717) is 6.61 Å². The Labute approximate surface area is 58.4 Å². The Morgan fingerprint density at radius 1 is 1.67 bits per heavy atom. The van der Waals surface area contributed by atoms with Crippen LogP contribution >= 0.6 is 0 Å². The number of rotatable bonds is 1. The van der Waals surface area contributed by atoms with Crippen LogP contribution < -0.4 is 0 Å². The molecule has 1 heterocycles. The predicted octanol–water partition coefficient (Wildman–Crippen LogP) is -0.0223. The first-order chi connectivity index (χ1) is 4.43. The van der Waals surface area contributed by atoms with Gasteiger partial charge in [0.15, 0.2) is 0 Å². The lowest BCUT2D eigenvalue weighted by molar-refractivity contribution is 0.139. The SMILES string of the molecule is [SiH3]OC1=CCCCOC1. The van der Waals surface area contributed by atoms with Crippen LogP contribution in [0, 0.1) is 0 Å². The van der Waals surface area contributed by atoms with Crippen LogP contribution in [0.2, 0.25) is 0 Å². The van der Waals surface area contributed by atoms with Gasteiger partial charge in [-0.15, -0.1) is 0 Å². The minimum atomic E-state index is 0.684. The van der Waals surface area contributed by atoms with Gasteiger partial charge in [-0.25, -0.2) is 0 Å². The minimum absolute atomic E-state index is 0.684. The quantitative estimate of drug-likeness (QED) is 0.481. The second-order valence-electron chi connectivity index (χ2n) is 2.07. The molecule has 0 fully saturated rings. The molecule has 0 unspecified atom stereocenters. The fourth-order valence-electron chi connectivity index (χ4n) is 0.822. The molecule has 0 amide bonds. The lowest BCUT2D eigenvalue weighted by Crippen LogP contribution is -1.98. The van der Waals surface area contributed by atoms with Gasteiger partial charge in [0, 0.05) is 6.61 Å². The zero-order chi connectivity index (χ0) is 6.53. The molecule has 0 spiro atoms.